The standard InChI is InChI=1S/C13H19N3O4/c1-13(2,3)20-12(18)16-5-4-10(16)11(17)14-6-9-7-19-8-15-9/h7-8,10H,4-6H2,1-3H3,(H,14,17)/t10-/m1/s1. The summed E-state index contributed by atoms with van der Waals surface area (Å²) in [6.07, 6.45) is 2.96. The first kappa shape index (κ1) is 14.4. The minimum absolute atomic E-state index is 0.204. The van der Waals surface area contributed by atoms with E-state index in [9.17, 15) is 9.59 Å². The van der Waals surface area contributed by atoms with Crippen LogP contribution in [-0.2, 0) is 16.1 Å². The topological polar surface area (TPSA) is 84.7 Å². The number of hydrogen-bond acceptors (Lipinski definition) is 5. The van der Waals surface area contributed by atoms with Gasteiger partial charge in [-0.2, -0.15) is 0 Å². The molecule has 0 saturated carbocycles. The van der Waals surface area contributed by atoms with Gasteiger partial charge < -0.3 is 14.5 Å². The molecule has 7 nitrogen and oxygen atoms in total. The number of oxazole rings is 1. The Morgan fingerprint density at radius 2 is 2.30 bits per heavy atom. The maximum atomic E-state index is 12.0. The Labute approximate surface area is 117 Å². The van der Waals surface area contributed by atoms with Crippen molar-refractivity contribution >= 4 is 12.0 Å². The molecule has 7 heteroatoms. The fraction of sp³-hybridized carbons (Fsp3) is 0.615. The summed E-state index contributed by atoms with van der Waals surface area (Å²) in [5, 5.41) is 2.72. The molecule has 1 aliphatic heterocycles. The van der Waals surface area contributed by atoms with E-state index in [-0.39, 0.29) is 12.5 Å². The minimum Gasteiger partial charge on any atom is -0.451 e. The van der Waals surface area contributed by atoms with Crippen molar-refractivity contribution < 1.29 is 18.7 Å². The van der Waals surface area contributed by atoms with Crippen LogP contribution in [-0.4, -0.2) is 40.1 Å². The van der Waals surface area contributed by atoms with Gasteiger partial charge in [0.1, 0.15) is 17.9 Å². The van der Waals surface area contributed by atoms with Crippen LogP contribution in [0.2, 0.25) is 0 Å². The average molecular weight is 281 g/mol. The fourth-order valence-electron chi connectivity index (χ4n) is 1.82. The second-order valence-electron chi connectivity index (χ2n) is 5.68. The maximum Gasteiger partial charge on any atom is 0.410 e. The van der Waals surface area contributed by atoms with Crippen LogP contribution in [0.4, 0.5) is 4.79 Å². The number of carbonyl (C=O) groups excluding carboxylic acids is 2. The summed E-state index contributed by atoms with van der Waals surface area (Å²) in [6, 6.07) is -0.461. The molecule has 1 saturated heterocycles. The number of hydrogen-bond donors (Lipinski definition) is 1. The highest BCUT2D eigenvalue weighted by atomic mass is 16.6. The normalized spacial score (nSPS) is 18.4. The molecular weight excluding hydrogens is 262 g/mol. The van der Waals surface area contributed by atoms with Crippen LogP contribution in [0.15, 0.2) is 17.1 Å². The smallest absolute Gasteiger partial charge is 0.410 e. The highest BCUT2D eigenvalue weighted by Gasteiger charge is 2.39. The Kier molecular flexibility index (Phi) is 3.96. The summed E-state index contributed by atoms with van der Waals surface area (Å²) in [7, 11) is 0. The summed E-state index contributed by atoms with van der Waals surface area (Å²) in [5.74, 6) is -0.204. The van der Waals surface area contributed by atoms with Gasteiger partial charge in [0.05, 0.1) is 12.2 Å². The molecule has 1 atom stereocenters. The lowest BCUT2D eigenvalue weighted by Crippen LogP contribution is -2.59. The Morgan fingerprint density at radius 1 is 1.55 bits per heavy atom. The molecular formula is C13H19N3O4. The van der Waals surface area contributed by atoms with Gasteiger partial charge in [0.25, 0.3) is 0 Å². The third kappa shape index (κ3) is 3.49. The molecule has 110 valence electrons. The molecule has 1 fully saturated rings. The summed E-state index contributed by atoms with van der Waals surface area (Å²) in [6.45, 7) is 6.21. The summed E-state index contributed by atoms with van der Waals surface area (Å²) in [4.78, 5) is 29.2. The molecule has 1 aromatic rings. The van der Waals surface area contributed by atoms with Crippen LogP contribution in [0.3, 0.4) is 0 Å². The van der Waals surface area contributed by atoms with Crippen molar-refractivity contribution in [3.05, 3.63) is 18.4 Å². The van der Waals surface area contributed by atoms with E-state index in [4.69, 9.17) is 9.15 Å². The molecule has 0 bridgehead atoms. The largest absolute Gasteiger partial charge is 0.451 e. The van der Waals surface area contributed by atoms with Crippen LogP contribution in [0.25, 0.3) is 0 Å². The van der Waals surface area contributed by atoms with Gasteiger partial charge >= 0.3 is 6.09 Å². The van der Waals surface area contributed by atoms with Crippen molar-refractivity contribution in [2.24, 2.45) is 0 Å². The van der Waals surface area contributed by atoms with E-state index >= 15 is 0 Å². The van der Waals surface area contributed by atoms with E-state index < -0.39 is 17.7 Å². The van der Waals surface area contributed by atoms with Gasteiger partial charge in [0.15, 0.2) is 6.39 Å². The van der Waals surface area contributed by atoms with Crippen molar-refractivity contribution in [3.63, 3.8) is 0 Å². The number of rotatable bonds is 3. The predicted molar refractivity (Wildman–Crippen MR) is 69.7 cm³/mol. The van der Waals surface area contributed by atoms with Crippen molar-refractivity contribution in [3.8, 4) is 0 Å². The van der Waals surface area contributed by atoms with Gasteiger partial charge in [-0.1, -0.05) is 0 Å². The zero-order valence-corrected chi connectivity index (χ0v) is 11.9. The van der Waals surface area contributed by atoms with Crippen molar-refractivity contribution in [2.45, 2.75) is 45.4 Å². The lowest BCUT2D eigenvalue weighted by Gasteiger charge is -2.40. The van der Waals surface area contributed by atoms with E-state index in [1.165, 1.54) is 17.6 Å². The first-order chi connectivity index (χ1) is 9.37. The lowest BCUT2D eigenvalue weighted by molar-refractivity contribution is -0.130. The van der Waals surface area contributed by atoms with Gasteiger partial charge in [-0.15, -0.1) is 0 Å². The van der Waals surface area contributed by atoms with E-state index in [1.807, 2.05) is 0 Å². The molecule has 0 radical (unpaired) electrons. The van der Waals surface area contributed by atoms with Crippen LogP contribution < -0.4 is 5.32 Å². The highest BCUT2D eigenvalue weighted by Crippen LogP contribution is 2.21. The molecule has 0 spiro atoms. The van der Waals surface area contributed by atoms with Crippen molar-refractivity contribution in [2.75, 3.05) is 6.54 Å². The second kappa shape index (κ2) is 5.52. The van der Waals surface area contributed by atoms with Crippen LogP contribution >= 0.6 is 0 Å². The first-order valence-corrected chi connectivity index (χ1v) is 6.51. The van der Waals surface area contributed by atoms with E-state index in [2.05, 4.69) is 10.3 Å². The number of ether oxygens (including phenoxy) is 1. The molecule has 20 heavy (non-hydrogen) atoms. The Balaban J connectivity index is 1.83. The van der Waals surface area contributed by atoms with Gasteiger partial charge in [-0.05, 0) is 27.2 Å². The van der Waals surface area contributed by atoms with Gasteiger partial charge in [-0.25, -0.2) is 9.78 Å². The lowest BCUT2D eigenvalue weighted by atomic mass is 10.0. The Bertz CT molecular complexity index is 478. The number of aromatic nitrogens is 1. The van der Waals surface area contributed by atoms with E-state index in [1.54, 1.807) is 20.8 Å². The molecule has 1 aromatic heterocycles. The number of nitrogens with zero attached hydrogens (tertiary/aromatic N) is 2. The summed E-state index contributed by atoms with van der Waals surface area (Å²) >= 11 is 0. The van der Waals surface area contributed by atoms with Gasteiger partial charge in [0, 0.05) is 6.54 Å². The second-order valence-corrected chi connectivity index (χ2v) is 5.68. The maximum absolute atomic E-state index is 12.0. The third-order valence-electron chi connectivity index (χ3n) is 2.88. The zero-order chi connectivity index (χ0) is 14.8. The molecule has 2 heterocycles. The number of nitrogens with one attached hydrogen (secondary N) is 1. The first-order valence-electron chi connectivity index (χ1n) is 6.51. The molecule has 2 amide bonds. The van der Waals surface area contributed by atoms with E-state index in [0.29, 0.717) is 18.7 Å². The Hall–Kier alpha value is -2.05. The SMILES string of the molecule is CC(C)(C)OC(=O)N1CC[C@@H]1C(=O)NCc1cocn1. The van der Waals surface area contributed by atoms with Gasteiger partial charge in [0.2, 0.25) is 5.91 Å². The summed E-state index contributed by atoms with van der Waals surface area (Å²) < 4.78 is 10.1. The van der Waals surface area contributed by atoms with Crippen LogP contribution in [0, 0.1) is 0 Å². The van der Waals surface area contributed by atoms with Crippen LogP contribution in [0.5, 0.6) is 0 Å². The Morgan fingerprint density at radius 3 is 2.80 bits per heavy atom. The van der Waals surface area contributed by atoms with Gasteiger partial charge in [-0.3, -0.25) is 9.69 Å². The molecule has 1 N–H and O–H groups in total. The average Bonchev–Trinajstić information content (AvgIpc) is 2.74. The van der Waals surface area contributed by atoms with Crippen molar-refractivity contribution in [1.29, 1.82) is 0 Å². The summed E-state index contributed by atoms with van der Waals surface area (Å²) in [5.41, 5.74) is 0.0792. The molecule has 2 rings (SSSR count). The zero-order valence-electron chi connectivity index (χ0n) is 11.9. The fourth-order valence-corrected chi connectivity index (χ4v) is 1.82. The van der Waals surface area contributed by atoms with Crippen molar-refractivity contribution in [1.82, 2.24) is 15.2 Å². The minimum atomic E-state index is -0.561. The highest BCUT2D eigenvalue weighted by molar-refractivity contribution is 5.87. The number of likely N-dealkylation sites (tertiary alicyclic amines) is 1. The number of amides is 2. The predicted octanol–water partition coefficient (Wildman–Crippen LogP) is 1.30. The molecule has 0 unspecified atom stereocenters. The van der Waals surface area contributed by atoms with Crippen LogP contribution in [0.1, 0.15) is 32.9 Å². The molecule has 1 aliphatic rings. The molecule has 0 aliphatic carbocycles. The monoisotopic (exact) mass is 281 g/mol. The quantitative estimate of drug-likeness (QED) is 0.902. The third-order valence-corrected chi connectivity index (χ3v) is 2.88. The number of carbonyl (C=O) groups is 2. The van der Waals surface area contributed by atoms with E-state index in [0.717, 1.165) is 0 Å². The molecule has 0 aromatic carbocycles.